The lowest BCUT2D eigenvalue weighted by molar-refractivity contribution is -0.118. The molecule has 112 valence electrons. The Kier molecular flexibility index (Phi) is 5.45. The Morgan fingerprint density at radius 2 is 2.25 bits per heavy atom. The molecule has 0 atom stereocenters. The molecule has 1 fully saturated rings. The summed E-state index contributed by atoms with van der Waals surface area (Å²) < 4.78 is 10.6. The number of carbonyl (C=O) groups excluding carboxylic acids is 1. The van der Waals surface area contributed by atoms with Crippen molar-refractivity contribution in [2.24, 2.45) is 0 Å². The van der Waals surface area contributed by atoms with E-state index in [-0.39, 0.29) is 24.6 Å². The number of aliphatic hydroxyl groups excluding tert-OH is 1. The van der Waals surface area contributed by atoms with Gasteiger partial charge in [-0.15, -0.1) is 5.10 Å². The summed E-state index contributed by atoms with van der Waals surface area (Å²) in [5.74, 6) is 0.255. The van der Waals surface area contributed by atoms with Crippen LogP contribution in [0.25, 0.3) is 0 Å². The molecule has 1 aliphatic heterocycles. The van der Waals surface area contributed by atoms with Gasteiger partial charge in [0.25, 0.3) is 0 Å². The van der Waals surface area contributed by atoms with Crippen LogP contribution in [0.3, 0.4) is 0 Å². The first-order valence-electron chi connectivity index (χ1n) is 6.72. The van der Waals surface area contributed by atoms with Crippen molar-refractivity contribution < 1.29 is 19.1 Å². The summed E-state index contributed by atoms with van der Waals surface area (Å²) in [7, 11) is 0. The van der Waals surface area contributed by atoms with Gasteiger partial charge in [0, 0.05) is 20.0 Å². The lowest BCUT2D eigenvalue weighted by Gasteiger charge is -2.31. The van der Waals surface area contributed by atoms with Gasteiger partial charge >= 0.3 is 6.01 Å². The summed E-state index contributed by atoms with van der Waals surface area (Å²) in [6, 6.07) is 0.133. The second-order valence-corrected chi connectivity index (χ2v) is 4.74. The molecule has 1 aromatic rings. The number of hydrogen-bond donors (Lipinski definition) is 2. The van der Waals surface area contributed by atoms with Crippen LogP contribution in [0.2, 0.25) is 0 Å². The molecule has 0 aromatic carbocycles. The smallest absolute Gasteiger partial charge is 0.322 e. The van der Waals surface area contributed by atoms with Crippen LogP contribution in [-0.2, 0) is 9.53 Å². The van der Waals surface area contributed by atoms with E-state index in [4.69, 9.17) is 14.3 Å². The van der Waals surface area contributed by atoms with Crippen molar-refractivity contribution in [3.8, 4) is 0 Å². The Morgan fingerprint density at radius 1 is 1.50 bits per heavy atom. The predicted octanol–water partition coefficient (Wildman–Crippen LogP) is -0.210. The van der Waals surface area contributed by atoms with E-state index in [2.05, 4.69) is 20.4 Å². The van der Waals surface area contributed by atoms with E-state index in [0.29, 0.717) is 19.0 Å². The number of anilines is 1. The van der Waals surface area contributed by atoms with Gasteiger partial charge in [0.15, 0.2) is 0 Å². The van der Waals surface area contributed by atoms with Gasteiger partial charge in [-0.1, -0.05) is 5.10 Å². The van der Waals surface area contributed by atoms with E-state index in [9.17, 15) is 4.79 Å². The van der Waals surface area contributed by atoms with Crippen LogP contribution in [-0.4, -0.2) is 65.1 Å². The fourth-order valence-corrected chi connectivity index (χ4v) is 2.16. The predicted molar refractivity (Wildman–Crippen MR) is 70.2 cm³/mol. The summed E-state index contributed by atoms with van der Waals surface area (Å²) in [6.45, 7) is 3.99. The number of nitrogens with zero attached hydrogens (tertiary/aromatic N) is 3. The zero-order chi connectivity index (χ0) is 14.4. The number of rotatable bonds is 6. The first kappa shape index (κ1) is 14.9. The Labute approximate surface area is 117 Å². The second-order valence-electron chi connectivity index (χ2n) is 4.74. The summed E-state index contributed by atoms with van der Waals surface area (Å²) in [6.07, 6.45) is 1.92. The van der Waals surface area contributed by atoms with Crippen molar-refractivity contribution in [2.45, 2.75) is 25.9 Å². The number of aryl methyl sites for hydroxylation is 1. The molecule has 8 nitrogen and oxygen atoms in total. The van der Waals surface area contributed by atoms with E-state index >= 15 is 0 Å². The minimum atomic E-state index is -0.164. The highest BCUT2D eigenvalue weighted by Gasteiger charge is 2.21. The number of piperidine rings is 1. The quantitative estimate of drug-likeness (QED) is 0.745. The van der Waals surface area contributed by atoms with Crippen molar-refractivity contribution >= 4 is 11.9 Å². The lowest BCUT2D eigenvalue weighted by Crippen LogP contribution is -2.41. The molecule has 1 aliphatic rings. The SMILES string of the molecule is Cc1nnc(NC(=O)CN2CCC(OCCO)CC2)o1. The highest BCUT2D eigenvalue weighted by molar-refractivity contribution is 5.90. The molecule has 20 heavy (non-hydrogen) atoms. The van der Waals surface area contributed by atoms with Crippen molar-refractivity contribution in [1.82, 2.24) is 15.1 Å². The van der Waals surface area contributed by atoms with Crippen LogP contribution in [0.1, 0.15) is 18.7 Å². The fraction of sp³-hybridized carbons (Fsp3) is 0.750. The number of ether oxygens (including phenoxy) is 1. The number of aromatic nitrogens is 2. The molecule has 0 aliphatic carbocycles. The number of likely N-dealkylation sites (tertiary alicyclic amines) is 1. The molecule has 0 bridgehead atoms. The Morgan fingerprint density at radius 3 is 2.85 bits per heavy atom. The zero-order valence-electron chi connectivity index (χ0n) is 11.5. The van der Waals surface area contributed by atoms with E-state index in [1.54, 1.807) is 6.92 Å². The van der Waals surface area contributed by atoms with Gasteiger partial charge in [0.1, 0.15) is 0 Å². The third kappa shape index (κ3) is 4.55. The van der Waals surface area contributed by atoms with E-state index in [0.717, 1.165) is 25.9 Å². The standard InChI is InChI=1S/C12H20N4O4/c1-9-14-15-12(20-9)13-11(18)8-16-4-2-10(3-5-16)19-7-6-17/h10,17H,2-8H2,1H3,(H,13,15,18). The molecule has 0 unspecified atom stereocenters. The van der Waals surface area contributed by atoms with Crippen molar-refractivity contribution in [3.63, 3.8) is 0 Å². The molecular formula is C12H20N4O4. The van der Waals surface area contributed by atoms with Gasteiger partial charge < -0.3 is 14.3 Å². The maximum Gasteiger partial charge on any atom is 0.322 e. The van der Waals surface area contributed by atoms with Crippen molar-refractivity contribution in [2.75, 3.05) is 38.2 Å². The minimum absolute atomic E-state index is 0.0478. The lowest BCUT2D eigenvalue weighted by atomic mass is 10.1. The van der Waals surface area contributed by atoms with Crippen molar-refractivity contribution in [1.29, 1.82) is 0 Å². The van der Waals surface area contributed by atoms with Gasteiger partial charge in [-0.2, -0.15) is 0 Å². The maximum absolute atomic E-state index is 11.8. The first-order valence-corrected chi connectivity index (χ1v) is 6.72. The summed E-state index contributed by atoms with van der Waals surface area (Å²) >= 11 is 0. The minimum Gasteiger partial charge on any atom is -0.408 e. The topological polar surface area (TPSA) is 101 Å². The van der Waals surface area contributed by atoms with Gasteiger partial charge in [-0.25, -0.2) is 0 Å². The van der Waals surface area contributed by atoms with Crippen LogP contribution in [0.4, 0.5) is 6.01 Å². The van der Waals surface area contributed by atoms with Crippen LogP contribution < -0.4 is 5.32 Å². The third-order valence-corrected chi connectivity index (χ3v) is 3.12. The summed E-state index contributed by atoms with van der Waals surface area (Å²) in [4.78, 5) is 13.9. The highest BCUT2D eigenvalue weighted by Crippen LogP contribution is 2.13. The molecule has 0 spiro atoms. The molecule has 1 aromatic heterocycles. The molecular weight excluding hydrogens is 264 g/mol. The number of carbonyl (C=O) groups is 1. The summed E-state index contributed by atoms with van der Waals surface area (Å²) in [5.41, 5.74) is 0. The molecule has 1 amide bonds. The van der Waals surface area contributed by atoms with E-state index in [1.807, 2.05) is 0 Å². The highest BCUT2D eigenvalue weighted by atomic mass is 16.5. The monoisotopic (exact) mass is 284 g/mol. The van der Waals surface area contributed by atoms with Crippen LogP contribution in [0.15, 0.2) is 4.42 Å². The molecule has 2 N–H and O–H groups in total. The normalized spacial score (nSPS) is 17.3. The molecule has 8 heteroatoms. The van der Waals surface area contributed by atoms with Gasteiger partial charge in [0.2, 0.25) is 11.8 Å². The number of aliphatic hydroxyl groups is 1. The summed E-state index contributed by atoms with van der Waals surface area (Å²) in [5, 5.41) is 18.6. The largest absolute Gasteiger partial charge is 0.408 e. The molecule has 0 saturated carbocycles. The average Bonchev–Trinajstić information content (AvgIpc) is 2.83. The van der Waals surface area contributed by atoms with Crippen molar-refractivity contribution in [3.05, 3.63) is 5.89 Å². The average molecular weight is 284 g/mol. The molecule has 2 rings (SSSR count). The zero-order valence-corrected chi connectivity index (χ0v) is 11.5. The first-order chi connectivity index (χ1) is 9.67. The number of amides is 1. The Hall–Kier alpha value is -1.51. The molecule has 0 radical (unpaired) electrons. The third-order valence-electron chi connectivity index (χ3n) is 3.12. The van der Waals surface area contributed by atoms with Gasteiger partial charge in [-0.3, -0.25) is 15.0 Å². The fourth-order valence-electron chi connectivity index (χ4n) is 2.16. The van der Waals surface area contributed by atoms with Crippen LogP contribution >= 0.6 is 0 Å². The van der Waals surface area contributed by atoms with Gasteiger partial charge in [0.05, 0.1) is 25.9 Å². The molecule has 1 saturated heterocycles. The Balaban J connectivity index is 1.68. The number of hydrogen-bond acceptors (Lipinski definition) is 7. The molecule has 2 heterocycles. The van der Waals surface area contributed by atoms with E-state index in [1.165, 1.54) is 0 Å². The van der Waals surface area contributed by atoms with E-state index < -0.39 is 0 Å². The maximum atomic E-state index is 11.8. The number of nitrogens with one attached hydrogen (secondary N) is 1. The van der Waals surface area contributed by atoms with Crippen LogP contribution in [0, 0.1) is 6.92 Å². The Bertz CT molecular complexity index is 429. The second kappa shape index (κ2) is 7.32. The van der Waals surface area contributed by atoms with Crippen LogP contribution in [0.5, 0.6) is 0 Å². The van der Waals surface area contributed by atoms with Gasteiger partial charge in [-0.05, 0) is 12.8 Å².